The summed E-state index contributed by atoms with van der Waals surface area (Å²) in [6.07, 6.45) is 2.89. The minimum absolute atomic E-state index is 0.0151. The molecule has 0 bridgehead atoms. The summed E-state index contributed by atoms with van der Waals surface area (Å²) in [6, 6.07) is 0. The minimum atomic E-state index is -0.246. The number of ether oxygens (including phenoxy) is 1. The summed E-state index contributed by atoms with van der Waals surface area (Å²) in [5.74, 6) is -0.0151. The molecule has 1 rings (SSSR count). The van der Waals surface area contributed by atoms with Crippen molar-refractivity contribution in [1.29, 1.82) is 0 Å². The van der Waals surface area contributed by atoms with Crippen LogP contribution in [-0.2, 0) is 19.1 Å². The van der Waals surface area contributed by atoms with Crippen molar-refractivity contribution in [1.82, 2.24) is 0 Å². The van der Waals surface area contributed by atoms with Gasteiger partial charge in [0.1, 0.15) is 0 Å². The van der Waals surface area contributed by atoms with Crippen molar-refractivity contribution in [2.75, 3.05) is 6.61 Å². The van der Waals surface area contributed by atoms with Crippen LogP contribution in [0.1, 0.15) is 47.0 Å². The van der Waals surface area contributed by atoms with Gasteiger partial charge in [-0.25, -0.2) is 0 Å². The second-order valence-corrected chi connectivity index (χ2v) is 4.35. The predicted octanol–water partition coefficient (Wildman–Crippen LogP) is 2.49. The molecule has 4 nitrogen and oxygen atoms in total. The van der Waals surface area contributed by atoms with E-state index in [2.05, 4.69) is 20.8 Å². The second kappa shape index (κ2) is 7.02. The summed E-state index contributed by atoms with van der Waals surface area (Å²) >= 11 is 0. The van der Waals surface area contributed by atoms with Crippen LogP contribution < -0.4 is 0 Å². The van der Waals surface area contributed by atoms with Crippen LogP contribution in [0.25, 0.3) is 0 Å². The van der Waals surface area contributed by atoms with E-state index in [1.807, 2.05) is 6.92 Å². The van der Waals surface area contributed by atoms with Crippen LogP contribution in [0.2, 0.25) is 0 Å². The van der Waals surface area contributed by atoms with Gasteiger partial charge in [0.25, 0.3) is 0 Å². The molecule has 96 valence electrons. The number of esters is 1. The van der Waals surface area contributed by atoms with E-state index >= 15 is 0 Å². The van der Waals surface area contributed by atoms with Gasteiger partial charge in [0.2, 0.25) is 0 Å². The summed E-state index contributed by atoms with van der Waals surface area (Å²) in [5.41, 5.74) is 2.48. The average molecular weight is 240 g/mol. The highest BCUT2D eigenvalue weighted by molar-refractivity contribution is 5.78. The first-order valence-corrected chi connectivity index (χ1v) is 5.79. The number of hydrogen-bond donors (Lipinski definition) is 0. The van der Waals surface area contributed by atoms with Crippen molar-refractivity contribution in [3.63, 3.8) is 0 Å². The molecule has 0 aromatic rings. The van der Waals surface area contributed by atoms with Crippen LogP contribution in [0.5, 0.6) is 0 Å². The average Bonchev–Trinajstić information content (AvgIpc) is 2.57. The molecule has 0 N–H and O–H groups in total. The molecule has 0 aromatic carbocycles. The third-order valence-electron chi connectivity index (χ3n) is 3.32. The van der Waals surface area contributed by atoms with E-state index in [4.69, 9.17) is 14.3 Å². The molecule has 0 spiro atoms. The van der Waals surface area contributed by atoms with Gasteiger partial charge in [-0.3, -0.25) is 4.79 Å². The van der Waals surface area contributed by atoms with Crippen LogP contribution in [0.15, 0.2) is 11.1 Å². The lowest BCUT2D eigenvalue weighted by Crippen LogP contribution is -2.30. The molecule has 17 heavy (non-hydrogen) atoms. The van der Waals surface area contributed by atoms with Crippen molar-refractivity contribution < 1.29 is 19.1 Å². The van der Waals surface area contributed by atoms with Gasteiger partial charge in [-0.2, -0.15) is 9.59 Å². The third kappa shape index (κ3) is 3.82. The molecule has 0 unspecified atom stereocenters. The van der Waals surface area contributed by atoms with Crippen LogP contribution in [0.4, 0.5) is 0 Å². The zero-order valence-electron chi connectivity index (χ0n) is 11.0. The lowest BCUT2D eigenvalue weighted by atomic mass is 9.81. The van der Waals surface area contributed by atoms with Crippen LogP contribution in [0.3, 0.4) is 0 Å². The molecular weight excluding hydrogens is 220 g/mol. The molecule has 0 atom stereocenters. The van der Waals surface area contributed by atoms with Gasteiger partial charge in [0.05, 0.1) is 12.0 Å². The van der Waals surface area contributed by atoms with Crippen molar-refractivity contribution in [2.45, 2.75) is 47.0 Å². The first-order chi connectivity index (χ1) is 7.97. The normalized spacial score (nSPS) is 16.9. The largest absolute Gasteiger partial charge is 0.466 e. The number of hydrogen-bond acceptors (Lipinski definition) is 4. The fourth-order valence-corrected chi connectivity index (χ4v) is 2.20. The van der Waals surface area contributed by atoms with E-state index in [0.717, 1.165) is 19.3 Å². The van der Waals surface area contributed by atoms with Crippen LogP contribution in [-0.4, -0.2) is 18.7 Å². The highest BCUT2D eigenvalue weighted by Crippen LogP contribution is 2.45. The Morgan fingerprint density at radius 1 is 1.24 bits per heavy atom. The summed E-state index contributed by atoms with van der Waals surface area (Å²) in [5, 5.41) is 0. The zero-order chi connectivity index (χ0) is 13.5. The van der Waals surface area contributed by atoms with Gasteiger partial charge < -0.3 is 4.74 Å². The van der Waals surface area contributed by atoms with E-state index in [0.29, 0.717) is 6.61 Å². The highest BCUT2D eigenvalue weighted by atomic mass is 16.5. The quantitative estimate of drug-likeness (QED) is 0.561. The Kier molecular flexibility index (Phi) is 6.44. The predicted molar refractivity (Wildman–Crippen MR) is 62.0 cm³/mol. The molecule has 0 amide bonds. The molecule has 0 aromatic heterocycles. The fourth-order valence-electron chi connectivity index (χ4n) is 2.20. The van der Waals surface area contributed by atoms with Crippen molar-refractivity contribution in [3.05, 3.63) is 11.1 Å². The number of carbonyl (C=O) groups is 1. The molecule has 1 aliphatic carbocycles. The monoisotopic (exact) mass is 240 g/mol. The van der Waals surface area contributed by atoms with E-state index in [-0.39, 0.29) is 17.5 Å². The Morgan fingerprint density at radius 3 is 1.94 bits per heavy atom. The molecule has 0 saturated heterocycles. The van der Waals surface area contributed by atoms with Gasteiger partial charge in [0.15, 0.2) is 0 Å². The zero-order valence-corrected chi connectivity index (χ0v) is 11.0. The lowest BCUT2D eigenvalue weighted by molar-refractivity contribution is -0.191. The maximum Gasteiger partial charge on any atom is 0.373 e. The van der Waals surface area contributed by atoms with Crippen molar-refractivity contribution in [3.8, 4) is 0 Å². The van der Waals surface area contributed by atoms with Crippen molar-refractivity contribution in [2.24, 2.45) is 5.41 Å². The molecular formula is C13H20O4. The van der Waals surface area contributed by atoms with Gasteiger partial charge >= 0.3 is 12.1 Å². The molecule has 0 aliphatic heterocycles. The Hall–Kier alpha value is -1.41. The minimum Gasteiger partial charge on any atom is -0.466 e. The smallest absolute Gasteiger partial charge is 0.373 e. The molecule has 0 fully saturated rings. The fraction of sp³-hybridized carbons (Fsp3) is 0.692. The SMILES string of the molecule is CCOC(=O)C1(CC)CC(C)=C(C)C1.O=C=O. The maximum atomic E-state index is 11.8. The van der Waals surface area contributed by atoms with E-state index in [1.54, 1.807) is 0 Å². The number of carbonyl (C=O) groups excluding carboxylic acids is 3. The van der Waals surface area contributed by atoms with E-state index < -0.39 is 0 Å². The van der Waals surface area contributed by atoms with E-state index in [1.165, 1.54) is 11.1 Å². The number of allylic oxidation sites excluding steroid dienone is 2. The van der Waals surface area contributed by atoms with E-state index in [9.17, 15) is 4.79 Å². The Morgan fingerprint density at radius 2 is 1.65 bits per heavy atom. The Balaban J connectivity index is 0.000000770. The van der Waals surface area contributed by atoms with Gasteiger partial charge in [-0.15, -0.1) is 0 Å². The van der Waals surface area contributed by atoms with Crippen LogP contribution in [0, 0.1) is 5.41 Å². The summed E-state index contributed by atoms with van der Waals surface area (Å²) in [6.45, 7) is 8.66. The molecule has 4 heteroatoms. The standard InChI is InChI=1S/C12H20O2.CO2/c1-5-12(11(13)14-6-2)7-9(3)10(4)8-12;2-1-3/h5-8H2,1-4H3;. The Bertz CT molecular complexity index is 321. The first-order valence-electron chi connectivity index (χ1n) is 5.79. The lowest BCUT2D eigenvalue weighted by Gasteiger charge is -2.25. The van der Waals surface area contributed by atoms with Crippen LogP contribution >= 0.6 is 0 Å². The molecule has 0 radical (unpaired) electrons. The molecule has 0 heterocycles. The Labute approximate surface area is 102 Å². The topological polar surface area (TPSA) is 60.4 Å². The van der Waals surface area contributed by atoms with Gasteiger partial charge in [-0.05, 0) is 40.0 Å². The highest BCUT2D eigenvalue weighted by Gasteiger charge is 2.42. The molecule has 0 saturated carbocycles. The van der Waals surface area contributed by atoms with Gasteiger partial charge in [0, 0.05) is 0 Å². The summed E-state index contributed by atoms with van der Waals surface area (Å²) in [7, 11) is 0. The van der Waals surface area contributed by atoms with Gasteiger partial charge in [-0.1, -0.05) is 18.1 Å². The summed E-state index contributed by atoms with van der Waals surface area (Å²) in [4.78, 5) is 28.1. The maximum absolute atomic E-state index is 11.8. The van der Waals surface area contributed by atoms with Crippen molar-refractivity contribution >= 4 is 12.1 Å². The number of rotatable bonds is 3. The molecule has 1 aliphatic rings. The first kappa shape index (κ1) is 15.6. The third-order valence-corrected chi connectivity index (χ3v) is 3.32. The summed E-state index contributed by atoms with van der Waals surface area (Å²) < 4.78 is 5.15. The second-order valence-electron chi connectivity index (χ2n) is 4.35.